The minimum atomic E-state index is -4.55. The summed E-state index contributed by atoms with van der Waals surface area (Å²) in [6.45, 7) is 2.04. The number of alkyl halides is 3. The van der Waals surface area contributed by atoms with Crippen LogP contribution in [0.1, 0.15) is 36.6 Å². The Kier molecular flexibility index (Phi) is 4.08. The fourth-order valence-electron chi connectivity index (χ4n) is 2.59. The highest BCUT2D eigenvalue weighted by Gasteiger charge is 2.46. The number of H-pyrrole nitrogens is 1. The highest BCUT2D eigenvalue weighted by atomic mass is 19.4. The molecule has 0 aromatic carbocycles. The zero-order valence-corrected chi connectivity index (χ0v) is 11.1. The van der Waals surface area contributed by atoms with Crippen LogP contribution in [-0.2, 0) is 0 Å². The molecule has 0 bridgehead atoms. The van der Waals surface area contributed by atoms with Crippen molar-refractivity contribution in [2.24, 2.45) is 0 Å². The van der Waals surface area contributed by atoms with E-state index in [1.165, 1.54) is 11.8 Å². The standard InChI is InChI=1S/C13H17F3N2O2/c1-8-10(19)11(20)9(7-17-8)12(13(14,15)16)18-5-3-2-4-6-18/h7,12,19H,2-6H2,1H3,(H,17,20). The predicted octanol–water partition coefficient (Wildman–Crippen LogP) is 2.48. The number of hydrogen-bond acceptors (Lipinski definition) is 3. The molecule has 1 aromatic heterocycles. The van der Waals surface area contributed by atoms with E-state index in [1.54, 1.807) is 0 Å². The number of nitrogens with one attached hydrogen (secondary N) is 1. The Morgan fingerprint density at radius 2 is 1.90 bits per heavy atom. The fourth-order valence-corrected chi connectivity index (χ4v) is 2.59. The number of aromatic nitrogens is 1. The molecule has 1 fully saturated rings. The number of piperidine rings is 1. The second-order valence-electron chi connectivity index (χ2n) is 5.09. The molecular formula is C13H17F3N2O2. The molecular weight excluding hydrogens is 273 g/mol. The van der Waals surface area contributed by atoms with Crippen LogP contribution < -0.4 is 5.43 Å². The second kappa shape index (κ2) is 5.47. The van der Waals surface area contributed by atoms with Gasteiger partial charge in [-0.05, 0) is 32.9 Å². The second-order valence-corrected chi connectivity index (χ2v) is 5.09. The first-order chi connectivity index (χ1) is 9.32. The Morgan fingerprint density at radius 3 is 2.45 bits per heavy atom. The van der Waals surface area contributed by atoms with Gasteiger partial charge in [-0.3, -0.25) is 9.69 Å². The van der Waals surface area contributed by atoms with Gasteiger partial charge in [-0.1, -0.05) is 6.42 Å². The molecule has 0 saturated carbocycles. The van der Waals surface area contributed by atoms with Gasteiger partial charge in [-0.2, -0.15) is 13.2 Å². The zero-order chi connectivity index (χ0) is 14.9. The number of aryl methyl sites for hydroxylation is 1. The number of nitrogens with zero attached hydrogens (tertiary/aromatic N) is 1. The monoisotopic (exact) mass is 290 g/mol. The summed E-state index contributed by atoms with van der Waals surface area (Å²) in [7, 11) is 0. The van der Waals surface area contributed by atoms with E-state index in [4.69, 9.17) is 0 Å². The van der Waals surface area contributed by atoms with Gasteiger partial charge in [0.15, 0.2) is 5.75 Å². The fraction of sp³-hybridized carbons (Fsp3) is 0.615. The summed E-state index contributed by atoms with van der Waals surface area (Å²) in [5, 5.41) is 9.57. The molecule has 1 aromatic rings. The van der Waals surface area contributed by atoms with Crippen molar-refractivity contribution in [2.45, 2.75) is 38.4 Å². The van der Waals surface area contributed by atoms with Gasteiger partial charge in [0, 0.05) is 11.8 Å². The quantitative estimate of drug-likeness (QED) is 0.879. The van der Waals surface area contributed by atoms with Gasteiger partial charge in [0.1, 0.15) is 6.04 Å². The van der Waals surface area contributed by atoms with Crippen LogP contribution in [0.25, 0.3) is 0 Å². The van der Waals surface area contributed by atoms with Crippen LogP contribution in [0.15, 0.2) is 11.0 Å². The Bertz CT molecular complexity index is 533. The first kappa shape index (κ1) is 14.9. The lowest BCUT2D eigenvalue weighted by molar-refractivity contribution is -0.189. The number of likely N-dealkylation sites (tertiary alicyclic amines) is 1. The third kappa shape index (κ3) is 2.82. The number of aromatic amines is 1. The summed E-state index contributed by atoms with van der Waals surface area (Å²) < 4.78 is 40.0. The summed E-state index contributed by atoms with van der Waals surface area (Å²) >= 11 is 0. The molecule has 0 amide bonds. The normalized spacial score (nSPS) is 19.0. The molecule has 1 aliphatic heterocycles. The number of hydrogen-bond donors (Lipinski definition) is 2. The Labute approximate surface area is 114 Å². The minimum Gasteiger partial charge on any atom is -0.503 e. The molecule has 1 unspecified atom stereocenters. The van der Waals surface area contributed by atoms with Crippen molar-refractivity contribution in [3.63, 3.8) is 0 Å². The summed E-state index contributed by atoms with van der Waals surface area (Å²) in [4.78, 5) is 15.7. The Balaban J connectivity index is 2.47. The lowest BCUT2D eigenvalue weighted by Gasteiger charge is -2.35. The van der Waals surface area contributed by atoms with Crippen molar-refractivity contribution >= 4 is 0 Å². The molecule has 2 heterocycles. The van der Waals surface area contributed by atoms with Crippen LogP contribution >= 0.6 is 0 Å². The Hall–Kier alpha value is -1.50. The SMILES string of the molecule is Cc1[nH]cc(C(N2CCCCC2)C(F)(F)F)c(=O)c1O. The number of aromatic hydroxyl groups is 1. The summed E-state index contributed by atoms with van der Waals surface area (Å²) in [5.74, 6) is -0.645. The van der Waals surface area contributed by atoms with Crippen LogP contribution in [0, 0.1) is 6.92 Å². The van der Waals surface area contributed by atoms with Crippen LogP contribution in [0.4, 0.5) is 13.2 Å². The first-order valence-corrected chi connectivity index (χ1v) is 6.54. The van der Waals surface area contributed by atoms with E-state index in [-0.39, 0.29) is 5.69 Å². The van der Waals surface area contributed by atoms with E-state index in [9.17, 15) is 23.1 Å². The van der Waals surface area contributed by atoms with Gasteiger partial charge in [0.2, 0.25) is 5.43 Å². The third-order valence-corrected chi connectivity index (χ3v) is 3.64. The van der Waals surface area contributed by atoms with Crippen LogP contribution in [0.5, 0.6) is 5.75 Å². The van der Waals surface area contributed by atoms with Crippen molar-refractivity contribution in [3.8, 4) is 5.75 Å². The lowest BCUT2D eigenvalue weighted by Crippen LogP contribution is -2.43. The molecule has 0 aliphatic carbocycles. The van der Waals surface area contributed by atoms with Gasteiger partial charge in [-0.15, -0.1) is 0 Å². The number of pyridine rings is 1. The molecule has 2 rings (SSSR count). The maximum atomic E-state index is 13.3. The number of rotatable bonds is 2. The average Bonchev–Trinajstić information content (AvgIpc) is 2.39. The van der Waals surface area contributed by atoms with Crippen molar-refractivity contribution in [3.05, 3.63) is 27.7 Å². The van der Waals surface area contributed by atoms with Crippen molar-refractivity contribution in [1.82, 2.24) is 9.88 Å². The van der Waals surface area contributed by atoms with E-state index in [0.717, 1.165) is 12.6 Å². The molecule has 7 heteroatoms. The number of halogens is 3. The van der Waals surface area contributed by atoms with Crippen molar-refractivity contribution in [2.75, 3.05) is 13.1 Å². The van der Waals surface area contributed by atoms with E-state index in [0.29, 0.717) is 25.9 Å². The molecule has 1 atom stereocenters. The maximum Gasteiger partial charge on any atom is 0.408 e. The van der Waals surface area contributed by atoms with Gasteiger partial charge in [0.05, 0.1) is 5.69 Å². The van der Waals surface area contributed by atoms with Crippen LogP contribution in [-0.4, -0.2) is 34.3 Å². The van der Waals surface area contributed by atoms with Gasteiger partial charge < -0.3 is 10.1 Å². The molecule has 112 valence electrons. The van der Waals surface area contributed by atoms with E-state index < -0.39 is 29.0 Å². The maximum absolute atomic E-state index is 13.3. The largest absolute Gasteiger partial charge is 0.503 e. The van der Waals surface area contributed by atoms with Gasteiger partial charge in [-0.25, -0.2) is 0 Å². The minimum absolute atomic E-state index is 0.165. The van der Waals surface area contributed by atoms with Crippen molar-refractivity contribution < 1.29 is 18.3 Å². The highest BCUT2D eigenvalue weighted by Crippen LogP contribution is 2.38. The smallest absolute Gasteiger partial charge is 0.408 e. The van der Waals surface area contributed by atoms with Gasteiger partial charge in [0.25, 0.3) is 0 Å². The summed E-state index contributed by atoms with van der Waals surface area (Å²) in [5.41, 5.74) is -1.23. The molecule has 1 saturated heterocycles. The topological polar surface area (TPSA) is 56.3 Å². The molecule has 0 spiro atoms. The van der Waals surface area contributed by atoms with E-state index in [1.807, 2.05) is 0 Å². The molecule has 20 heavy (non-hydrogen) atoms. The molecule has 2 N–H and O–H groups in total. The van der Waals surface area contributed by atoms with Crippen LogP contribution in [0.2, 0.25) is 0 Å². The van der Waals surface area contributed by atoms with E-state index in [2.05, 4.69) is 4.98 Å². The van der Waals surface area contributed by atoms with E-state index >= 15 is 0 Å². The van der Waals surface area contributed by atoms with Crippen LogP contribution in [0.3, 0.4) is 0 Å². The first-order valence-electron chi connectivity index (χ1n) is 6.54. The zero-order valence-electron chi connectivity index (χ0n) is 11.1. The lowest BCUT2D eigenvalue weighted by atomic mass is 10.0. The predicted molar refractivity (Wildman–Crippen MR) is 67.7 cm³/mol. The Morgan fingerprint density at radius 1 is 1.30 bits per heavy atom. The molecule has 4 nitrogen and oxygen atoms in total. The van der Waals surface area contributed by atoms with Crippen molar-refractivity contribution in [1.29, 1.82) is 0 Å². The highest BCUT2D eigenvalue weighted by molar-refractivity contribution is 5.31. The third-order valence-electron chi connectivity index (χ3n) is 3.64. The average molecular weight is 290 g/mol. The van der Waals surface area contributed by atoms with Gasteiger partial charge >= 0.3 is 6.18 Å². The summed E-state index contributed by atoms with van der Waals surface area (Å²) in [6.07, 6.45) is -1.22. The molecule has 1 aliphatic rings. The summed E-state index contributed by atoms with van der Waals surface area (Å²) in [6, 6.07) is -1.96. The molecule has 0 radical (unpaired) electrons.